The lowest BCUT2D eigenvalue weighted by Crippen LogP contribution is -2.54. The number of quaternary nitrogens is 1. The molecule has 0 amide bonds. The first-order valence-electron chi connectivity index (χ1n) is 3.66. The lowest BCUT2D eigenvalue weighted by molar-refractivity contribution is -0.923. The topological polar surface area (TPSA) is 26.0 Å². The quantitative estimate of drug-likeness (QED) is 0.264. The Morgan fingerprint density at radius 2 is 1.18 bits per heavy atom. The van der Waals surface area contributed by atoms with Gasteiger partial charge in [0.05, 0.1) is 0 Å². The minimum Gasteiger partial charge on any atom is -0.238 e. The van der Waals surface area contributed by atoms with E-state index in [0.717, 1.165) is 19.6 Å². The second-order valence-electron chi connectivity index (χ2n) is 2.63. The summed E-state index contributed by atoms with van der Waals surface area (Å²) in [5.74, 6) is 5.95. The van der Waals surface area contributed by atoms with Crippen molar-refractivity contribution in [3.63, 3.8) is 0 Å². The predicted octanol–water partition coefficient (Wildman–Crippen LogP) is 1.23. The predicted molar refractivity (Wildman–Crippen MR) is 49.6 cm³/mol. The molecule has 2 N–H and O–H groups in total. The molecule has 0 aromatic heterocycles. The molecule has 2 nitrogen and oxygen atoms in total. The highest BCUT2D eigenvalue weighted by Gasteiger charge is 2.16. The summed E-state index contributed by atoms with van der Waals surface area (Å²) in [5, 5.41) is 0. The van der Waals surface area contributed by atoms with E-state index in [9.17, 15) is 0 Å². The van der Waals surface area contributed by atoms with Crippen LogP contribution in [0, 0.1) is 0 Å². The average Bonchev–Trinajstić information content (AvgIpc) is 1.88. The molecular weight excluding hydrogens is 136 g/mol. The van der Waals surface area contributed by atoms with Gasteiger partial charge in [-0.25, -0.2) is 4.59 Å². The fourth-order valence-corrected chi connectivity index (χ4v) is 0.995. The van der Waals surface area contributed by atoms with Crippen molar-refractivity contribution in [2.45, 2.75) is 0 Å². The van der Waals surface area contributed by atoms with Crippen LogP contribution in [0.15, 0.2) is 38.0 Å². The molecule has 0 heterocycles. The Morgan fingerprint density at radius 1 is 0.909 bits per heavy atom. The molecule has 62 valence electrons. The van der Waals surface area contributed by atoms with Crippen LogP contribution in [0.2, 0.25) is 0 Å². The third kappa shape index (κ3) is 3.75. The van der Waals surface area contributed by atoms with Crippen molar-refractivity contribution in [2.75, 3.05) is 19.6 Å². The van der Waals surface area contributed by atoms with E-state index in [1.807, 2.05) is 18.2 Å². The van der Waals surface area contributed by atoms with Gasteiger partial charge in [0.15, 0.2) is 0 Å². The zero-order valence-electron chi connectivity index (χ0n) is 7.00. The first-order valence-corrected chi connectivity index (χ1v) is 3.66. The minimum atomic E-state index is 0.427. The van der Waals surface area contributed by atoms with Crippen LogP contribution in [0.5, 0.6) is 0 Å². The monoisotopic (exact) mass is 153 g/mol. The van der Waals surface area contributed by atoms with Gasteiger partial charge in [0, 0.05) is 0 Å². The van der Waals surface area contributed by atoms with Gasteiger partial charge in [-0.15, -0.1) is 0 Å². The fraction of sp³-hybridized carbons (Fsp3) is 0.333. The van der Waals surface area contributed by atoms with Crippen molar-refractivity contribution in [3.8, 4) is 0 Å². The molecule has 2 heteroatoms. The summed E-state index contributed by atoms with van der Waals surface area (Å²) in [5.41, 5.74) is 0. The number of nitrogens with zero attached hydrogens (tertiary/aromatic N) is 1. The molecule has 0 fully saturated rings. The molecule has 0 aliphatic rings. The molecule has 0 rings (SSSR count). The van der Waals surface area contributed by atoms with Crippen LogP contribution in [-0.2, 0) is 0 Å². The van der Waals surface area contributed by atoms with E-state index in [2.05, 4.69) is 19.7 Å². The van der Waals surface area contributed by atoms with Crippen LogP contribution in [0.3, 0.4) is 0 Å². The summed E-state index contributed by atoms with van der Waals surface area (Å²) < 4.78 is 0.427. The van der Waals surface area contributed by atoms with Crippen molar-refractivity contribution in [3.05, 3.63) is 38.0 Å². The van der Waals surface area contributed by atoms with Gasteiger partial charge in [0.2, 0.25) is 0 Å². The van der Waals surface area contributed by atoms with Gasteiger partial charge in [-0.05, 0) is 18.2 Å². The van der Waals surface area contributed by atoms with E-state index in [1.165, 1.54) is 0 Å². The Kier molecular flexibility index (Phi) is 4.50. The Balaban J connectivity index is 4.09. The van der Waals surface area contributed by atoms with Crippen molar-refractivity contribution >= 4 is 0 Å². The van der Waals surface area contributed by atoms with Crippen molar-refractivity contribution in [2.24, 2.45) is 5.84 Å². The highest BCUT2D eigenvalue weighted by molar-refractivity contribution is 4.74. The highest BCUT2D eigenvalue weighted by Crippen LogP contribution is 1.97. The third-order valence-corrected chi connectivity index (χ3v) is 1.48. The molecule has 0 radical (unpaired) electrons. The van der Waals surface area contributed by atoms with Gasteiger partial charge in [0.25, 0.3) is 0 Å². The van der Waals surface area contributed by atoms with E-state index in [1.54, 1.807) is 0 Å². The molecule has 11 heavy (non-hydrogen) atoms. The van der Waals surface area contributed by atoms with Crippen LogP contribution in [0.25, 0.3) is 0 Å². The van der Waals surface area contributed by atoms with Gasteiger partial charge >= 0.3 is 0 Å². The second-order valence-corrected chi connectivity index (χ2v) is 2.63. The van der Waals surface area contributed by atoms with Crippen molar-refractivity contribution < 1.29 is 4.59 Å². The van der Waals surface area contributed by atoms with E-state index in [4.69, 9.17) is 5.84 Å². The Bertz CT molecular complexity index is 123. The van der Waals surface area contributed by atoms with Crippen LogP contribution in [0.1, 0.15) is 0 Å². The molecule has 0 spiro atoms. The molecule has 0 aliphatic carbocycles. The molecular formula is C9H17N2+. The number of hydrogen-bond acceptors (Lipinski definition) is 1. The van der Waals surface area contributed by atoms with E-state index >= 15 is 0 Å². The second kappa shape index (κ2) is 4.88. The van der Waals surface area contributed by atoms with E-state index in [0.29, 0.717) is 4.59 Å². The van der Waals surface area contributed by atoms with Crippen LogP contribution in [-0.4, -0.2) is 24.2 Å². The first kappa shape index (κ1) is 10.1. The van der Waals surface area contributed by atoms with Crippen LogP contribution >= 0.6 is 0 Å². The molecule has 0 aliphatic heterocycles. The smallest absolute Gasteiger partial charge is 0.115 e. The maximum atomic E-state index is 5.95. The SMILES string of the molecule is C=CC[N+](N)(CC=C)CC=C. The summed E-state index contributed by atoms with van der Waals surface area (Å²) in [6.45, 7) is 13.2. The molecule has 0 aromatic carbocycles. The van der Waals surface area contributed by atoms with E-state index in [-0.39, 0.29) is 0 Å². The van der Waals surface area contributed by atoms with Gasteiger partial charge in [0.1, 0.15) is 19.6 Å². The largest absolute Gasteiger partial charge is 0.238 e. The summed E-state index contributed by atoms with van der Waals surface area (Å²) in [4.78, 5) is 0. The van der Waals surface area contributed by atoms with Gasteiger partial charge < -0.3 is 0 Å². The fourth-order valence-electron chi connectivity index (χ4n) is 0.995. The molecule has 0 unspecified atom stereocenters. The first-order chi connectivity index (χ1) is 5.18. The molecule has 0 atom stereocenters. The number of hydrogen-bond donors (Lipinski definition) is 1. The summed E-state index contributed by atoms with van der Waals surface area (Å²) >= 11 is 0. The number of nitrogens with two attached hydrogens (primary N) is 1. The normalized spacial score (nSPS) is 10.6. The summed E-state index contributed by atoms with van der Waals surface area (Å²) in [6, 6.07) is 0. The van der Waals surface area contributed by atoms with Crippen LogP contribution in [0.4, 0.5) is 0 Å². The zero-order chi connectivity index (χ0) is 8.74. The standard InChI is InChI=1S/C9H17N2/c1-4-7-11(10,8-5-2)9-6-3/h4-6H,1-3,7-10H2/q+1. The average molecular weight is 153 g/mol. The molecule has 0 aromatic rings. The zero-order valence-corrected chi connectivity index (χ0v) is 7.00. The van der Waals surface area contributed by atoms with E-state index < -0.39 is 0 Å². The van der Waals surface area contributed by atoms with Crippen molar-refractivity contribution in [1.82, 2.24) is 0 Å². The van der Waals surface area contributed by atoms with Crippen LogP contribution < -0.4 is 5.84 Å². The highest BCUT2D eigenvalue weighted by atomic mass is 15.6. The maximum absolute atomic E-state index is 5.95. The summed E-state index contributed by atoms with van der Waals surface area (Å²) in [6.07, 6.45) is 5.44. The van der Waals surface area contributed by atoms with Gasteiger partial charge in [-0.2, -0.15) is 5.84 Å². The molecule has 0 bridgehead atoms. The molecule has 0 saturated carbocycles. The lowest BCUT2D eigenvalue weighted by Gasteiger charge is -2.29. The van der Waals surface area contributed by atoms with Gasteiger partial charge in [-0.1, -0.05) is 19.7 Å². The third-order valence-electron chi connectivity index (χ3n) is 1.48. The van der Waals surface area contributed by atoms with Gasteiger partial charge in [-0.3, -0.25) is 0 Å². The Morgan fingerprint density at radius 3 is 1.36 bits per heavy atom. The Hall–Kier alpha value is -0.860. The molecule has 0 saturated heterocycles. The Labute approximate surface area is 68.9 Å². The maximum Gasteiger partial charge on any atom is 0.115 e. The van der Waals surface area contributed by atoms with Crippen molar-refractivity contribution in [1.29, 1.82) is 0 Å². The summed E-state index contributed by atoms with van der Waals surface area (Å²) in [7, 11) is 0. The minimum absolute atomic E-state index is 0.427. The lowest BCUT2D eigenvalue weighted by atomic mass is 10.4. The number of rotatable bonds is 6.